The van der Waals surface area contributed by atoms with Crippen LogP contribution >= 0.6 is 12.6 Å². The predicted molar refractivity (Wildman–Crippen MR) is 103 cm³/mol. The van der Waals surface area contributed by atoms with Crippen molar-refractivity contribution in [3.8, 4) is 0 Å². The van der Waals surface area contributed by atoms with E-state index in [1.807, 2.05) is 0 Å². The summed E-state index contributed by atoms with van der Waals surface area (Å²) in [6.07, 6.45) is 11.6. The van der Waals surface area contributed by atoms with Crippen LogP contribution in [0.4, 0.5) is 0 Å². The second-order valence-corrected chi connectivity index (χ2v) is 6.87. The average Bonchev–Trinajstić information content (AvgIpc) is 2.47. The van der Waals surface area contributed by atoms with Crippen molar-refractivity contribution in [3.63, 3.8) is 0 Å². The van der Waals surface area contributed by atoms with Crippen LogP contribution in [0.25, 0.3) is 0 Å². The van der Waals surface area contributed by atoms with Gasteiger partial charge in [0.25, 0.3) is 0 Å². The highest BCUT2D eigenvalue weighted by atomic mass is 32.1. The fourth-order valence-corrected chi connectivity index (χ4v) is 2.60. The van der Waals surface area contributed by atoms with Gasteiger partial charge in [-0.2, -0.15) is 12.6 Å². The van der Waals surface area contributed by atoms with Crippen LogP contribution in [0.5, 0.6) is 0 Å². The third-order valence-electron chi connectivity index (χ3n) is 3.92. The van der Waals surface area contributed by atoms with Crippen molar-refractivity contribution in [3.05, 3.63) is 34.9 Å². The van der Waals surface area contributed by atoms with E-state index in [0.717, 1.165) is 25.7 Å². The van der Waals surface area contributed by atoms with Gasteiger partial charge in [-0.15, -0.1) is 0 Å². The Bertz CT molecular complexity index is 448. The lowest BCUT2D eigenvalue weighted by Crippen LogP contribution is -2.38. The lowest BCUT2D eigenvalue weighted by Gasteiger charge is -2.17. The minimum atomic E-state index is -0.954. The van der Waals surface area contributed by atoms with E-state index < -0.39 is 12.0 Å². The zero-order valence-corrected chi connectivity index (χ0v) is 15.9. The molecule has 0 rings (SSSR count). The molecule has 0 aromatic rings. The SMILES string of the molecule is CC(C)=CCCC(C)=CCCC(C)=CCC(CS)[C@H](N)C(=O)O. The molecule has 0 fully saturated rings. The average molecular weight is 340 g/mol. The first kappa shape index (κ1) is 22.0. The summed E-state index contributed by atoms with van der Waals surface area (Å²) in [5, 5.41) is 8.96. The largest absolute Gasteiger partial charge is 0.480 e. The third kappa shape index (κ3) is 11.2. The molecule has 3 N–H and O–H groups in total. The Morgan fingerprint density at radius 2 is 1.57 bits per heavy atom. The maximum absolute atomic E-state index is 10.9. The molecule has 0 aromatic heterocycles. The number of thiol groups is 1. The van der Waals surface area contributed by atoms with Crippen molar-refractivity contribution in [1.82, 2.24) is 0 Å². The zero-order chi connectivity index (χ0) is 17.8. The summed E-state index contributed by atoms with van der Waals surface area (Å²) in [5.74, 6) is -0.585. The fourth-order valence-electron chi connectivity index (χ4n) is 2.23. The van der Waals surface area contributed by atoms with Gasteiger partial charge in [-0.3, -0.25) is 4.79 Å². The number of hydrogen-bond donors (Lipinski definition) is 3. The fraction of sp³-hybridized carbons (Fsp3) is 0.632. The quantitative estimate of drug-likeness (QED) is 0.376. The van der Waals surface area contributed by atoms with Crippen LogP contribution in [-0.4, -0.2) is 22.9 Å². The topological polar surface area (TPSA) is 63.3 Å². The van der Waals surface area contributed by atoms with Gasteiger partial charge in [0.05, 0.1) is 0 Å². The van der Waals surface area contributed by atoms with Gasteiger partial charge in [-0.25, -0.2) is 0 Å². The van der Waals surface area contributed by atoms with Gasteiger partial charge in [-0.05, 0) is 71.5 Å². The van der Waals surface area contributed by atoms with Crippen LogP contribution in [0.15, 0.2) is 34.9 Å². The summed E-state index contributed by atoms with van der Waals surface area (Å²) in [5.41, 5.74) is 9.75. The Morgan fingerprint density at radius 1 is 1.04 bits per heavy atom. The van der Waals surface area contributed by atoms with Crippen LogP contribution in [0, 0.1) is 5.92 Å². The molecule has 0 spiro atoms. The van der Waals surface area contributed by atoms with E-state index in [2.05, 4.69) is 58.6 Å². The number of carboxylic acid groups (broad SMARTS) is 1. The maximum Gasteiger partial charge on any atom is 0.320 e. The summed E-state index contributed by atoms with van der Waals surface area (Å²) in [6, 6.07) is -0.839. The van der Waals surface area contributed by atoms with Crippen molar-refractivity contribution >= 4 is 18.6 Å². The van der Waals surface area contributed by atoms with Crippen molar-refractivity contribution in [1.29, 1.82) is 0 Å². The van der Waals surface area contributed by atoms with Gasteiger partial charge in [0.15, 0.2) is 0 Å². The Morgan fingerprint density at radius 3 is 2.04 bits per heavy atom. The molecule has 23 heavy (non-hydrogen) atoms. The van der Waals surface area contributed by atoms with Crippen LogP contribution in [0.1, 0.15) is 59.8 Å². The van der Waals surface area contributed by atoms with E-state index in [1.165, 1.54) is 16.7 Å². The molecule has 0 bridgehead atoms. The molecule has 2 atom stereocenters. The second kappa shape index (κ2) is 12.4. The van der Waals surface area contributed by atoms with E-state index in [9.17, 15) is 4.79 Å². The molecule has 4 heteroatoms. The van der Waals surface area contributed by atoms with Crippen molar-refractivity contribution in [2.24, 2.45) is 11.7 Å². The van der Waals surface area contributed by atoms with E-state index >= 15 is 0 Å². The molecule has 1 unspecified atom stereocenters. The number of rotatable bonds is 11. The highest BCUT2D eigenvalue weighted by molar-refractivity contribution is 7.80. The maximum atomic E-state index is 10.9. The molecular formula is C19H33NO2S. The molecule has 0 aliphatic rings. The Labute approximate surface area is 147 Å². The van der Waals surface area contributed by atoms with Gasteiger partial charge in [0, 0.05) is 0 Å². The van der Waals surface area contributed by atoms with Gasteiger partial charge in [0.1, 0.15) is 6.04 Å². The number of carbonyl (C=O) groups is 1. The van der Waals surface area contributed by atoms with E-state index in [4.69, 9.17) is 10.8 Å². The molecule has 0 aliphatic heterocycles. The minimum absolute atomic E-state index is 0.118. The first-order chi connectivity index (χ1) is 10.8. The van der Waals surface area contributed by atoms with Gasteiger partial charge in [0.2, 0.25) is 0 Å². The molecule has 3 nitrogen and oxygen atoms in total. The van der Waals surface area contributed by atoms with Crippen molar-refractivity contribution in [2.75, 3.05) is 5.75 Å². The third-order valence-corrected chi connectivity index (χ3v) is 4.39. The second-order valence-electron chi connectivity index (χ2n) is 6.50. The number of carboxylic acids is 1. The van der Waals surface area contributed by atoms with Crippen LogP contribution in [0.3, 0.4) is 0 Å². The number of aliphatic carboxylic acids is 1. The van der Waals surface area contributed by atoms with Crippen LogP contribution in [-0.2, 0) is 4.79 Å². The Balaban J connectivity index is 4.24. The van der Waals surface area contributed by atoms with E-state index in [0.29, 0.717) is 12.2 Å². The Hall–Kier alpha value is -1.00. The first-order valence-electron chi connectivity index (χ1n) is 8.31. The molecule has 132 valence electrons. The highest BCUT2D eigenvalue weighted by Gasteiger charge is 2.21. The molecule has 0 aromatic carbocycles. The minimum Gasteiger partial charge on any atom is -0.480 e. The zero-order valence-electron chi connectivity index (χ0n) is 15.0. The first-order valence-corrected chi connectivity index (χ1v) is 8.95. The molecule has 0 aliphatic carbocycles. The van der Waals surface area contributed by atoms with Gasteiger partial charge < -0.3 is 10.8 Å². The number of hydrogen-bond acceptors (Lipinski definition) is 3. The normalized spacial score (nSPS) is 15.2. The lowest BCUT2D eigenvalue weighted by atomic mass is 9.96. The highest BCUT2D eigenvalue weighted by Crippen LogP contribution is 2.16. The predicted octanol–water partition coefficient (Wildman–Crippen LogP) is 4.75. The smallest absolute Gasteiger partial charge is 0.320 e. The standard InChI is InChI=1S/C19H33NO2S/c1-14(2)7-5-8-15(3)9-6-10-16(4)11-12-17(13-23)18(20)19(21)22/h7,9,11,17-18,23H,5-6,8,10,12-13,20H2,1-4H3,(H,21,22)/t17?,18-/m0/s1. The van der Waals surface area contributed by atoms with Crippen molar-refractivity contribution in [2.45, 2.75) is 65.8 Å². The van der Waals surface area contributed by atoms with Gasteiger partial charge in [-0.1, -0.05) is 34.9 Å². The molecule has 0 saturated carbocycles. The van der Waals surface area contributed by atoms with E-state index in [1.54, 1.807) is 0 Å². The number of nitrogens with two attached hydrogens (primary N) is 1. The summed E-state index contributed by atoms with van der Waals surface area (Å²) in [7, 11) is 0. The van der Waals surface area contributed by atoms with Crippen LogP contribution in [0.2, 0.25) is 0 Å². The monoisotopic (exact) mass is 339 g/mol. The summed E-state index contributed by atoms with van der Waals surface area (Å²) < 4.78 is 0. The molecule has 0 amide bonds. The summed E-state index contributed by atoms with van der Waals surface area (Å²) in [4.78, 5) is 10.9. The number of allylic oxidation sites excluding steroid dienone is 6. The van der Waals surface area contributed by atoms with Gasteiger partial charge >= 0.3 is 5.97 Å². The molecular weight excluding hydrogens is 306 g/mol. The summed E-state index contributed by atoms with van der Waals surface area (Å²) >= 11 is 4.21. The van der Waals surface area contributed by atoms with Crippen LogP contribution < -0.4 is 5.73 Å². The Kier molecular flexibility index (Phi) is 11.9. The van der Waals surface area contributed by atoms with Crippen molar-refractivity contribution < 1.29 is 9.90 Å². The lowest BCUT2D eigenvalue weighted by molar-refractivity contribution is -0.139. The van der Waals surface area contributed by atoms with E-state index in [-0.39, 0.29) is 5.92 Å². The molecule has 0 saturated heterocycles. The summed E-state index contributed by atoms with van der Waals surface area (Å²) in [6.45, 7) is 8.53. The molecule has 0 heterocycles. The molecule has 0 radical (unpaired) electrons.